The van der Waals surface area contributed by atoms with Crippen LogP contribution < -0.4 is 10.2 Å². The van der Waals surface area contributed by atoms with Gasteiger partial charge in [0.25, 0.3) is 0 Å². The van der Waals surface area contributed by atoms with Crippen LogP contribution in [0.15, 0.2) is 60.7 Å². The first-order chi connectivity index (χ1) is 16.9. The van der Waals surface area contributed by atoms with Gasteiger partial charge in [-0.3, -0.25) is 14.5 Å². The molecule has 0 bridgehead atoms. The molecule has 1 unspecified atom stereocenters. The number of benzene rings is 3. The summed E-state index contributed by atoms with van der Waals surface area (Å²) >= 11 is 0. The first kappa shape index (κ1) is 22.3. The molecular weight excluding hydrogens is 438 g/mol. The smallest absolute Gasteiger partial charge is 0.238 e. The van der Waals surface area contributed by atoms with E-state index in [1.807, 2.05) is 48.2 Å². The normalized spacial score (nSPS) is 26.4. The molecule has 3 aromatic carbocycles. The van der Waals surface area contributed by atoms with Crippen molar-refractivity contribution in [1.82, 2.24) is 10.2 Å². The number of fused-ring (bicyclic) bond motifs is 1. The van der Waals surface area contributed by atoms with Gasteiger partial charge in [-0.1, -0.05) is 54.6 Å². The van der Waals surface area contributed by atoms with E-state index in [4.69, 9.17) is 0 Å². The average Bonchev–Trinajstić information content (AvgIpc) is 3.29. The lowest BCUT2D eigenvalue weighted by Crippen LogP contribution is -2.50. The van der Waals surface area contributed by atoms with Crippen molar-refractivity contribution in [2.75, 3.05) is 25.0 Å². The number of piperidine rings is 1. The lowest BCUT2D eigenvalue weighted by atomic mass is 9.80. The van der Waals surface area contributed by atoms with Gasteiger partial charge in [-0.05, 0) is 53.3 Å². The van der Waals surface area contributed by atoms with Crippen LogP contribution >= 0.6 is 0 Å². The number of para-hydroxylation sites is 1. The predicted molar refractivity (Wildman–Crippen MR) is 136 cm³/mol. The maximum atomic E-state index is 13.8. The average molecular weight is 470 g/mol. The molecule has 6 nitrogen and oxygen atoms in total. The van der Waals surface area contributed by atoms with Crippen LogP contribution in [0, 0.1) is 0 Å². The Balaban J connectivity index is 1.25. The summed E-state index contributed by atoms with van der Waals surface area (Å²) in [5.41, 5.74) is 3.22. The number of carbonyl (C=O) groups is 2. The summed E-state index contributed by atoms with van der Waals surface area (Å²) in [6, 6.07) is 20.4. The minimum atomic E-state index is -0.854. The van der Waals surface area contributed by atoms with E-state index >= 15 is 0 Å². The molecule has 1 saturated heterocycles. The molecule has 1 fully saturated rings. The highest BCUT2D eigenvalue weighted by molar-refractivity contribution is 6.10. The summed E-state index contributed by atoms with van der Waals surface area (Å²) in [4.78, 5) is 30.4. The van der Waals surface area contributed by atoms with Crippen LogP contribution in [0.5, 0.6) is 0 Å². The maximum Gasteiger partial charge on any atom is 0.238 e. The Kier molecular flexibility index (Phi) is 5.20. The first-order valence-electron chi connectivity index (χ1n) is 12.5. The van der Waals surface area contributed by atoms with Gasteiger partial charge >= 0.3 is 0 Å². The summed E-state index contributed by atoms with van der Waals surface area (Å²) in [6.45, 7) is 3.50. The number of carbonyl (C=O) groups excluding carboxylic acids is 2. The number of nitrogens with one attached hydrogen (secondary N) is 1. The van der Waals surface area contributed by atoms with E-state index in [0.717, 1.165) is 42.7 Å². The SMILES string of the molecule is CNC(=O)CC1(C)C(=O)N(C2CCN([C@H]3c4cccc5cccc(c45)[C@@H]3O)CC2)c2ccccc21. The highest BCUT2D eigenvalue weighted by atomic mass is 16.3. The van der Waals surface area contributed by atoms with Gasteiger partial charge in [0.2, 0.25) is 11.8 Å². The number of aliphatic hydroxyl groups is 1. The van der Waals surface area contributed by atoms with Crippen LogP contribution in [0.25, 0.3) is 10.8 Å². The molecular formula is C29H31N3O3. The highest BCUT2D eigenvalue weighted by Gasteiger charge is 2.51. The summed E-state index contributed by atoms with van der Waals surface area (Å²) < 4.78 is 0. The zero-order chi connectivity index (χ0) is 24.3. The molecule has 3 atom stereocenters. The third-order valence-electron chi connectivity index (χ3n) is 8.40. The van der Waals surface area contributed by atoms with Crippen LogP contribution in [0.1, 0.15) is 55.0 Å². The van der Waals surface area contributed by atoms with Crippen molar-refractivity contribution in [3.63, 3.8) is 0 Å². The van der Waals surface area contributed by atoms with E-state index in [9.17, 15) is 14.7 Å². The predicted octanol–water partition coefficient (Wildman–Crippen LogP) is 3.83. The lowest BCUT2D eigenvalue weighted by Gasteiger charge is -2.41. The van der Waals surface area contributed by atoms with Gasteiger partial charge in [0.1, 0.15) is 0 Å². The van der Waals surface area contributed by atoms with Gasteiger partial charge in [-0.2, -0.15) is 0 Å². The molecule has 0 radical (unpaired) electrons. The Labute approximate surface area is 205 Å². The molecule has 0 saturated carbocycles. The van der Waals surface area contributed by atoms with Gasteiger partial charge < -0.3 is 15.3 Å². The van der Waals surface area contributed by atoms with Crippen molar-refractivity contribution in [1.29, 1.82) is 0 Å². The molecule has 1 aliphatic carbocycles. The van der Waals surface area contributed by atoms with E-state index < -0.39 is 11.5 Å². The number of nitrogens with zero attached hydrogens (tertiary/aromatic N) is 2. The van der Waals surface area contributed by atoms with E-state index in [1.54, 1.807) is 7.05 Å². The van der Waals surface area contributed by atoms with E-state index in [-0.39, 0.29) is 30.3 Å². The summed E-state index contributed by atoms with van der Waals surface area (Å²) in [5, 5.41) is 16.3. The molecule has 0 aromatic heterocycles. The van der Waals surface area contributed by atoms with Crippen LogP contribution in [-0.4, -0.2) is 48.0 Å². The van der Waals surface area contributed by atoms with Crippen molar-refractivity contribution in [2.45, 2.75) is 49.8 Å². The number of hydrogen-bond acceptors (Lipinski definition) is 4. The number of amides is 2. The second-order valence-corrected chi connectivity index (χ2v) is 10.3. The summed E-state index contributed by atoms with van der Waals surface area (Å²) in [5.74, 6) is -0.116. The third kappa shape index (κ3) is 3.23. The van der Waals surface area contributed by atoms with Crippen LogP contribution in [0.3, 0.4) is 0 Å². The minimum absolute atomic E-state index is 0.0128. The zero-order valence-corrected chi connectivity index (χ0v) is 20.2. The van der Waals surface area contributed by atoms with E-state index in [1.165, 1.54) is 16.3 Å². The molecule has 0 spiro atoms. The lowest BCUT2D eigenvalue weighted by molar-refractivity contribution is -0.129. The van der Waals surface area contributed by atoms with Crippen molar-refractivity contribution >= 4 is 28.3 Å². The van der Waals surface area contributed by atoms with E-state index in [2.05, 4.69) is 34.5 Å². The monoisotopic (exact) mass is 469 g/mol. The molecule has 6 heteroatoms. The van der Waals surface area contributed by atoms with Crippen molar-refractivity contribution in [3.8, 4) is 0 Å². The third-order valence-corrected chi connectivity index (χ3v) is 8.40. The first-order valence-corrected chi connectivity index (χ1v) is 12.5. The van der Waals surface area contributed by atoms with Gasteiger partial charge in [-0.15, -0.1) is 0 Å². The molecule has 3 aliphatic rings. The minimum Gasteiger partial charge on any atom is -0.386 e. The van der Waals surface area contributed by atoms with Crippen LogP contribution in [0.2, 0.25) is 0 Å². The Bertz CT molecular complexity index is 1320. The van der Waals surface area contributed by atoms with Crippen molar-refractivity contribution in [3.05, 3.63) is 77.4 Å². The highest BCUT2D eigenvalue weighted by Crippen LogP contribution is 2.49. The molecule has 180 valence electrons. The van der Waals surface area contributed by atoms with Crippen LogP contribution in [0.4, 0.5) is 5.69 Å². The van der Waals surface area contributed by atoms with E-state index in [0.29, 0.717) is 0 Å². The quantitative estimate of drug-likeness (QED) is 0.609. The van der Waals surface area contributed by atoms with Crippen molar-refractivity contribution in [2.24, 2.45) is 0 Å². The number of likely N-dealkylation sites (tertiary alicyclic amines) is 1. The molecule has 35 heavy (non-hydrogen) atoms. The van der Waals surface area contributed by atoms with Gasteiger partial charge in [-0.25, -0.2) is 0 Å². The molecule has 2 aliphatic heterocycles. The number of anilines is 1. The summed E-state index contributed by atoms with van der Waals surface area (Å²) in [6.07, 6.45) is 1.25. The van der Waals surface area contributed by atoms with Gasteiger partial charge in [0, 0.05) is 38.3 Å². The summed E-state index contributed by atoms with van der Waals surface area (Å²) in [7, 11) is 1.61. The zero-order valence-electron chi connectivity index (χ0n) is 20.2. The fraction of sp³-hybridized carbons (Fsp3) is 0.379. The second-order valence-electron chi connectivity index (χ2n) is 10.3. The number of hydrogen-bond donors (Lipinski definition) is 2. The Morgan fingerprint density at radius 3 is 2.43 bits per heavy atom. The number of rotatable bonds is 4. The topological polar surface area (TPSA) is 72.9 Å². The van der Waals surface area contributed by atoms with Gasteiger partial charge in [0.15, 0.2) is 0 Å². The maximum absolute atomic E-state index is 13.8. The molecule has 2 amide bonds. The number of aliphatic hydroxyl groups excluding tert-OH is 1. The van der Waals surface area contributed by atoms with Crippen LogP contribution in [-0.2, 0) is 15.0 Å². The Hall–Kier alpha value is -3.22. The molecule has 2 heterocycles. The van der Waals surface area contributed by atoms with Crippen molar-refractivity contribution < 1.29 is 14.7 Å². The standard InChI is InChI=1S/C29H31N3O3/c1-29(17-24(33)30-2)22-11-3-4-12-23(22)32(28(29)35)19-13-15-31(16-14-19)26-20-9-5-7-18-8-6-10-21(25(18)20)27(26)34/h3-12,19,26-27,34H,13-17H2,1-2H3,(H,30,33)/t26-,27-,29?/m0/s1. The molecule has 3 aromatic rings. The molecule has 6 rings (SSSR count). The second kappa shape index (κ2) is 8.18. The Morgan fingerprint density at radius 2 is 1.71 bits per heavy atom. The molecule has 2 N–H and O–H groups in total. The van der Waals surface area contributed by atoms with Gasteiger partial charge in [0.05, 0.1) is 17.6 Å². The Morgan fingerprint density at radius 1 is 1.03 bits per heavy atom. The largest absolute Gasteiger partial charge is 0.386 e. The fourth-order valence-corrected chi connectivity index (χ4v) is 6.64. The fourth-order valence-electron chi connectivity index (χ4n) is 6.64.